The Morgan fingerprint density at radius 3 is 2.71 bits per heavy atom. The first-order chi connectivity index (χ1) is 6.79. The maximum absolute atomic E-state index is 11.1. The smallest absolute Gasteiger partial charge is 0.244 e. The number of hydrogen-bond donors (Lipinski definition) is 1. The third-order valence-corrected chi connectivity index (χ3v) is 2.34. The number of carbonyl (C=O) groups excluding carboxylic acids is 1. The van der Waals surface area contributed by atoms with Crippen LogP contribution in [0.5, 0.6) is 0 Å². The van der Waals surface area contributed by atoms with Crippen LogP contribution in [-0.4, -0.2) is 18.5 Å². The molecule has 0 aliphatic carbocycles. The summed E-state index contributed by atoms with van der Waals surface area (Å²) in [5, 5.41) is 0. The third kappa shape index (κ3) is 1.48. The third-order valence-electron chi connectivity index (χ3n) is 2.34. The van der Waals surface area contributed by atoms with E-state index < -0.39 is 0 Å². The highest BCUT2D eigenvalue weighted by Crippen LogP contribution is 2.20. The highest BCUT2D eigenvalue weighted by Gasteiger charge is 2.24. The fraction of sp³-hybridized carbons (Fsp3) is 0.182. The van der Waals surface area contributed by atoms with Crippen molar-refractivity contribution in [1.29, 1.82) is 0 Å². The molecular weight excluding hydrogens is 176 g/mol. The fourth-order valence-corrected chi connectivity index (χ4v) is 1.65. The van der Waals surface area contributed by atoms with Gasteiger partial charge in [-0.25, -0.2) is 0 Å². The number of hydrogen-bond acceptors (Lipinski definition) is 2. The number of amides is 1. The van der Waals surface area contributed by atoms with E-state index in [1.807, 2.05) is 47.4 Å². The van der Waals surface area contributed by atoms with Crippen LogP contribution < -0.4 is 10.6 Å². The van der Waals surface area contributed by atoms with Gasteiger partial charge in [-0.15, -0.1) is 0 Å². The van der Waals surface area contributed by atoms with Gasteiger partial charge in [-0.05, 0) is 12.1 Å². The molecule has 0 aromatic heterocycles. The summed E-state index contributed by atoms with van der Waals surface area (Å²) in [5.74, 6) is -0.303. The Morgan fingerprint density at radius 1 is 1.36 bits per heavy atom. The Morgan fingerprint density at radius 2 is 2.07 bits per heavy atom. The minimum Gasteiger partial charge on any atom is -0.368 e. The first kappa shape index (κ1) is 8.81. The molecule has 1 heterocycles. The molecule has 2 rings (SSSR count). The van der Waals surface area contributed by atoms with Gasteiger partial charge in [-0.2, -0.15) is 0 Å². The van der Waals surface area contributed by atoms with Gasteiger partial charge >= 0.3 is 0 Å². The van der Waals surface area contributed by atoms with Crippen LogP contribution in [0, 0.1) is 0 Å². The summed E-state index contributed by atoms with van der Waals surface area (Å²) >= 11 is 0. The Kier molecular flexibility index (Phi) is 2.23. The van der Waals surface area contributed by atoms with E-state index in [1.54, 1.807) is 0 Å². The predicted octanol–water partition coefficient (Wildman–Crippen LogP) is 0.917. The Balaban J connectivity index is 2.24. The van der Waals surface area contributed by atoms with E-state index >= 15 is 0 Å². The molecule has 2 N–H and O–H groups in total. The second-order valence-corrected chi connectivity index (χ2v) is 3.26. The van der Waals surface area contributed by atoms with Crippen molar-refractivity contribution in [2.45, 2.75) is 6.04 Å². The summed E-state index contributed by atoms with van der Waals surface area (Å²) in [6, 6.07) is 9.51. The normalized spacial score (nSPS) is 20.0. The lowest BCUT2D eigenvalue weighted by Gasteiger charge is -2.24. The van der Waals surface area contributed by atoms with Gasteiger partial charge in [0.05, 0.1) is 0 Å². The largest absolute Gasteiger partial charge is 0.368 e. The predicted molar refractivity (Wildman–Crippen MR) is 55.9 cm³/mol. The molecule has 14 heavy (non-hydrogen) atoms. The van der Waals surface area contributed by atoms with Crippen molar-refractivity contribution in [3.8, 4) is 0 Å². The van der Waals surface area contributed by atoms with Crippen LogP contribution in [0.4, 0.5) is 5.69 Å². The number of rotatable bonds is 2. The first-order valence-electron chi connectivity index (χ1n) is 4.57. The zero-order chi connectivity index (χ0) is 9.97. The fourth-order valence-electron chi connectivity index (χ4n) is 1.65. The van der Waals surface area contributed by atoms with Crippen LogP contribution in [0.3, 0.4) is 0 Å². The lowest BCUT2D eigenvalue weighted by atomic mass is 10.2. The first-order valence-corrected chi connectivity index (χ1v) is 4.57. The van der Waals surface area contributed by atoms with Crippen LogP contribution in [0.15, 0.2) is 42.5 Å². The van der Waals surface area contributed by atoms with E-state index in [-0.39, 0.29) is 11.9 Å². The van der Waals surface area contributed by atoms with Gasteiger partial charge in [0.15, 0.2) is 0 Å². The van der Waals surface area contributed by atoms with E-state index in [4.69, 9.17) is 5.73 Å². The topological polar surface area (TPSA) is 46.3 Å². The van der Waals surface area contributed by atoms with E-state index in [0.717, 1.165) is 12.2 Å². The monoisotopic (exact) mass is 188 g/mol. The standard InChI is InChI=1S/C11H12N2O/c12-11(14)10-7-4-8-13(10)9-5-2-1-3-6-9/h1-7,10H,8H2,(H2,12,14). The molecule has 3 nitrogen and oxygen atoms in total. The number of nitrogens with zero attached hydrogens (tertiary/aromatic N) is 1. The summed E-state index contributed by atoms with van der Waals surface area (Å²) < 4.78 is 0. The maximum atomic E-state index is 11.1. The van der Waals surface area contributed by atoms with Gasteiger partial charge < -0.3 is 10.6 Å². The summed E-state index contributed by atoms with van der Waals surface area (Å²) in [5.41, 5.74) is 6.32. The molecule has 0 saturated carbocycles. The summed E-state index contributed by atoms with van der Waals surface area (Å²) in [4.78, 5) is 13.1. The molecule has 0 fully saturated rings. The summed E-state index contributed by atoms with van der Waals surface area (Å²) in [6.45, 7) is 0.748. The van der Waals surface area contributed by atoms with E-state index in [9.17, 15) is 4.79 Å². The van der Waals surface area contributed by atoms with Gasteiger partial charge in [0, 0.05) is 12.2 Å². The van der Waals surface area contributed by atoms with Crippen LogP contribution >= 0.6 is 0 Å². The van der Waals surface area contributed by atoms with Crippen molar-refractivity contribution in [3.05, 3.63) is 42.5 Å². The molecule has 1 amide bonds. The number of benzene rings is 1. The molecule has 1 aliphatic heterocycles. The van der Waals surface area contributed by atoms with Gasteiger partial charge in [-0.1, -0.05) is 30.4 Å². The van der Waals surface area contributed by atoms with Gasteiger partial charge in [0.1, 0.15) is 6.04 Å². The number of carbonyl (C=O) groups is 1. The minimum absolute atomic E-state index is 0.294. The van der Waals surface area contributed by atoms with Crippen molar-refractivity contribution in [2.24, 2.45) is 5.73 Å². The summed E-state index contributed by atoms with van der Waals surface area (Å²) in [6.07, 6.45) is 3.80. The van der Waals surface area contributed by atoms with E-state index in [2.05, 4.69) is 0 Å². The highest BCUT2D eigenvalue weighted by atomic mass is 16.1. The molecule has 1 atom stereocenters. The Bertz CT molecular complexity index is 359. The van der Waals surface area contributed by atoms with Gasteiger partial charge in [0.2, 0.25) is 5.91 Å². The zero-order valence-corrected chi connectivity index (χ0v) is 7.76. The molecule has 0 spiro atoms. The van der Waals surface area contributed by atoms with Crippen molar-refractivity contribution in [3.63, 3.8) is 0 Å². The SMILES string of the molecule is NC(=O)C1C=CCN1c1ccccc1. The lowest BCUT2D eigenvalue weighted by Crippen LogP contribution is -2.40. The molecular formula is C11H12N2O. The minimum atomic E-state index is -0.303. The van der Waals surface area contributed by atoms with Crippen LogP contribution in [0.2, 0.25) is 0 Å². The van der Waals surface area contributed by atoms with Crippen molar-refractivity contribution in [2.75, 3.05) is 11.4 Å². The van der Waals surface area contributed by atoms with E-state index in [0.29, 0.717) is 0 Å². The number of nitrogens with two attached hydrogens (primary N) is 1. The second kappa shape index (κ2) is 3.54. The molecule has 0 saturated heterocycles. The van der Waals surface area contributed by atoms with Crippen LogP contribution in [0.1, 0.15) is 0 Å². The molecule has 1 aromatic carbocycles. The number of anilines is 1. The highest BCUT2D eigenvalue weighted by molar-refractivity contribution is 5.86. The molecule has 72 valence electrons. The molecule has 1 aliphatic rings. The van der Waals surface area contributed by atoms with Gasteiger partial charge in [-0.3, -0.25) is 4.79 Å². The number of para-hydroxylation sites is 1. The maximum Gasteiger partial charge on any atom is 0.244 e. The van der Waals surface area contributed by atoms with Crippen LogP contribution in [0.25, 0.3) is 0 Å². The zero-order valence-electron chi connectivity index (χ0n) is 7.76. The van der Waals surface area contributed by atoms with Crippen molar-refractivity contribution < 1.29 is 4.79 Å². The Hall–Kier alpha value is -1.77. The molecule has 0 bridgehead atoms. The average molecular weight is 188 g/mol. The number of primary amides is 1. The van der Waals surface area contributed by atoms with Crippen molar-refractivity contribution in [1.82, 2.24) is 0 Å². The molecule has 1 unspecified atom stereocenters. The molecule has 0 radical (unpaired) electrons. The average Bonchev–Trinajstić information content (AvgIpc) is 2.67. The van der Waals surface area contributed by atoms with Crippen LogP contribution in [-0.2, 0) is 4.79 Å². The van der Waals surface area contributed by atoms with Crippen molar-refractivity contribution >= 4 is 11.6 Å². The molecule has 1 aromatic rings. The summed E-state index contributed by atoms with van der Waals surface area (Å²) in [7, 11) is 0. The molecule has 3 heteroatoms. The quantitative estimate of drug-likeness (QED) is 0.701. The lowest BCUT2D eigenvalue weighted by molar-refractivity contribution is -0.118. The second-order valence-electron chi connectivity index (χ2n) is 3.26. The van der Waals surface area contributed by atoms with Gasteiger partial charge in [0.25, 0.3) is 0 Å². The van der Waals surface area contributed by atoms with E-state index in [1.165, 1.54) is 0 Å². The Labute approximate surface area is 82.8 Å².